The molecule has 100 valence electrons. The first-order valence-corrected chi connectivity index (χ1v) is 6.48. The quantitative estimate of drug-likeness (QED) is 0.757. The Morgan fingerprint density at radius 3 is 2.89 bits per heavy atom. The number of aldehydes is 1. The molecule has 19 heavy (non-hydrogen) atoms. The van der Waals surface area contributed by atoms with Gasteiger partial charge in [-0.05, 0) is 24.6 Å². The molecule has 2 fully saturated rings. The summed E-state index contributed by atoms with van der Waals surface area (Å²) in [6.07, 6.45) is 2.09. The third-order valence-electron chi connectivity index (χ3n) is 3.94. The lowest BCUT2D eigenvalue weighted by molar-refractivity contribution is -0.129. The Labute approximate surface area is 110 Å². The fourth-order valence-electron chi connectivity index (χ4n) is 2.94. The largest absolute Gasteiger partial charge is 0.365 e. The van der Waals surface area contributed by atoms with Crippen molar-refractivity contribution in [3.63, 3.8) is 0 Å². The van der Waals surface area contributed by atoms with E-state index in [1.165, 1.54) is 6.07 Å². The summed E-state index contributed by atoms with van der Waals surface area (Å²) in [5.41, 5.74) is 0.862. The summed E-state index contributed by atoms with van der Waals surface area (Å²) in [6.45, 7) is 1.96. The van der Waals surface area contributed by atoms with Crippen LogP contribution in [0, 0.1) is 5.82 Å². The Bertz CT molecular complexity index is 532. The summed E-state index contributed by atoms with van der Waals surface area (Å²) >= 11 is 0. The van der Waals surface area contributed by atoms with Gasteiger partial charge in [0.1, 0.15) is 12.1 Å². The predicted molar refractivity (Wildman–Crippen MR) is 68.7 cm³/mol. The molecule has 4 nitrogen and oxygen atoms in total. The average molecular weight is 262 g/mol. The fourth-order valence-corrected chi connectivity index (χ4v) is 2.94. The molecule has 0 aromatic heterocycles. The van der Waals surface area contributed by atoms with Gasteiger partial charge < -0.3 is 9.80 Å². The van der Waals surface area contributed by atoms with E-state index in [1.807, 2.05) is 9.80 Å². The second-order valence-electron chi connectivity index (χ2n) is 5.05. The zero-order valence-corrected chi connectivity index (χ0v) is 10.5. The molecule has 0 bridgehead atoms. The van der Waals surface area contributed by atoms with E-state index in [9.17, 15) is 14.0 Å². The molecule has 5 heteroatoms. The summed E-state index contributed by atoms with van der Waals surface area (Å²) in [5, 5.41) is 0. The summed E-state index contributed by atoms with van der Waals surface area (Å²) in [5.74, 6) is -0.163. The first kappa shape index (κ1) is 12.1. The Balaban J connectivity index is 1.80. The lowest BCUT2D eigenvalue weighted by atomic mass is 10.1. The van der Waals surface area contributed by atoms with E-state index in [0.29, 0.717) is 43.6 Å². The zero-order valence-electron chi connectivity index (χ0n) is 10.5. The van der Waals surface area contributed by atoms with Crippen LogP contribution in [0.3, 0.4) is 0 Å². The molecule has 0 aliphatic carbocycles. The number of nitrogens with zero attached hydrogens (tertiary/aromatic N) is 2. The SMILES string of the molecule is O=Cc1ccc(N2CCN3C(=O)CCC3C2)c(F)c1. The van der Waals surface area contributed by atoms with E-state index in [2.05, 4.69) is 0 Å². The molecule has 0 spiro atoms. The number of fused-ring (bicyclic) bond motifs is 1. The van der Waals surface area contributed by atoms with Crippen molar-refractivity contribution in [3.8, 4) is 0 Å². The number of anilines is 1. The lowest BCUT2D eigenvalue weighted by Crippen LogP contribution is -2.51. The number of rotatable bonds is 2. The zero-order chi connectivity index (χ0) is 13.4. The first-order valence-electron chi connectivity index (χ1n) is 6.48. The second kappa shape index (κ2) is 4.64. The minimum absolute atomic E-state index is 0.200. The highest BCUT2D eigenvalue weighted by Crippen LogP contribution is 2.28. The lowest BCUT2D eigenvalue weighted by Gasteiger charge is -2.38. The molecule has 2 aliphatic rings. The summed E-state index contributed by atoms with van der Waals surface area (Å²) in [6, 6.07) is 4.73. The van der Waals surface area contributed by atoms with E-state index in [1.54, 1.807) is 12.1 Å². The van der Waals surface area contributed by atoms with Crippen LogP contribution in [0.25, 0.3) is 0 Å². The summed E-state index contributed by atoms with van der Waals surface area (Å²) in [4.78, 5) is 26.1. The van der Waals surface area contributed by atoms with Crippen molar-refractivity contribution in [2.45, 2.75) is 18.9 Å². The number of hydrogen-bond acceptors (Lipinski definition) is 3. The average Bonchev–Trinajstić information content (AvgIpc) is 2.79. The first-order chi connectivity index (χ1) is 9.19. The maximum atomic E-state index is 14.0. The monoisotopic (exact) mass is 262 g/mol. The maximum Gasteiger partial charge on any atom is 0.223 e. The Kier molecular flexibility index (Phi) is 2.97. The van der Waals surface area contributed by atoms with Gasteiger partial charge in [-0.2, -0.15) is 0 Å². The molecule has 0 saturated carbocycles. The number of carbonyl (C=O) groups is 2. The molecule has 1 aromatic rings. The topological polar surface area (TPSA) is 40.6 Å². The standard InChI is InChI=1S/C14H15FN2O2/c15-12-7-10(9-18)1-3-13(12)16-5-6-17-11(8-16)2-4-14(17)19/h1,3,7,9,11H,2,4-6,8H2. The van der Waals surface area contributed by atoms with Crippen LogP contribution in [-0.4, -0.2) is 42.8 Å². The van der Waals surface area contributed by atoms with E-state index < -0.39 is 0 Å². The van der Waals surface area contributed by atoms with Gasteiger partial charge in [0.15, 0.2) is 0 Å². The smallest absolute Gasteiger partial charge is 0.223 e. The van der Waals surface area contributed by atoms with Gasteiger partial charge in [-0.25, -0.2) is 4.39 Å². The van der Waals surface area contributed by atoms with Gasteiger partial charge in [-0.15, -0.1) is 0 Å². The van der Waals surface area contributed by atoms with Gasteiger partial charge in [0, 0.05) is 37.7 Å². The van der Waals surface area contributed by atoms with E-state index in [0.717, 1.165) is 6.42 Å². The van der Waals surface area contributed by atoms with Crippen LogP contribution in [0.15, 0.2) is 18.2 Å². The van der Waals surface area contributed by atoms with Crippen molar-refractivity contribution < 1.29 is 14.0 Å². The van der Waals surface area contributed by atoms with Crippen molar-refractivity contribution >= 4 is 17.9 Å². The molecule has 2 aliphatic heterocycles. The van der Waals surface area contributed by atoms with Gasteiger partial charge in [-0.3, -0.25) is 9.59 Å². The van der Waals surface area contributed by atoms with Crippen molar-refractivity contribution in [2.24, 2.45) is 0 Å². The molecular weight excluding hydrogens is 247 g/mol. The summed E-state index contributed by atoms with van der Waals surface area (Å²) < 4.78 is 14.0. The third kappa shape index (κ3) is 2.09. The molecule has 1 amide bonds. The molecule has 2 heterocycles. The minimum Gasteiger partial charge on any atom is -0.365 e. The van der Waals surface area contributed by atoms with Crippen molar-refractivity contribution in [3.05, 3.63) is 29.6 Å². The normalized spacial score (nSPS) is 22.6. The van der Waals surface area contributed by atoms with Crippen molar-refractivity contribution in [2.75, 3.05) is 24.5 Å². The third-order valence-corrected chi connectivity index (χ3v) is 3.94. The molecule has 3 rings (SSSR count). The number of halogens is 1. The van der Waals surface area contributed by atoms with Gasteiger partial charge in [0.25, 0.3) is 0 Å². The van der Waals surface area contributed by atoms with Crippen LogP contribution in [0.5, 0.6) is 0 Å². The van der Waals surface area contributed by atoms with E-state index in [-0.39, 0.29) is 17.8 Å². The van der Waals surface area contributed by atoms with Crippen LogP contribution in [0.2, 0.25) is 0 Å². The van der Waals surface area contributed by atoms with E-state index in [4.69, 9.17) is 0 Å². The highest BCUT2D eigenvalue weighted by atomic mass is 19.1. The van der Waals surface area contributed by atoms with Crippen LogP contribution in [0.1, 0.15) is 23.2 Å². The highest BCUT2D eigenvalue weighted by Gasteiger charge is 2.35. The summed E-state index contributed by atoms with van der Waals surface area (Å²) in [7, 11) is 0. The molecule has 1 atom stereocenters. The number of benzene rings is 1. The maximum absolute atomic E-state index is 14.0. The second-order valence-corrected chi connectivity index (χ2v) is 5.05. The molecule has 1 unspecified atom stereocenters. The molecule has 1 aromatic carbocycles. The van der Waals surface area contributed by atoms with Gasteiger partial charge in [0.05, 0.1) is 5.69 Å². The van der Waals surface area contributed by atoms with Crippen LogP contribution < -0.4 is 4.90 Å². The Hall–Kier alpha value is -1.91. The predicted octanol–water partition coefficient (Wildman–Crippen LogP) is 1.45. The molecule has 2 saturated heterocycles. The van der Waals surface area contributed by atoms with Gasteiger partial charge in [-0.1, -0.05) is 0 Å². The van der Waals surface area contributed by atoms with Gasteiger partial charge >= 0.3 is 0 Å². The molecule has 0 N–H and O–H groups in total. The Morgan fingerprint density at radius 1 is 1.32 bits per heavy atom. The number of hydrogen-bond donors (Lipinski definition) is 0. The molecular formula is C14H15FN2O2. The molecule has 0 radical (unpaired) electrons. The van der Waals surface area contributed by atoms with Crippen molar-refractivity contribution in [1.29, 1.82) is 0 Å². The highest BCUT2D eigenvalue weighted by molar-refractivity contribution is 5.79. The van der Waals surface area contributed by atoms with Crippen molar-refractivity contribution in [1.82, 2.24) is 4.90 Å². The number of carbonyl (C=O) groups excluding carboxylic acids is 2. The fraction of sp³-hybridized carbons (Fsp3) is 0.429. The number of piperazine rings is 1. The minimum atomic E-state index is -0.373. The van der Waals surface area contributed by atoms with Gasteiger partial charge in [0.2, 0.25) is 5.91 Å². The van der Waals surface area contributed by atoms with Crippen LogP contribution in [0.4, 0.5) is 10.1 Å². The Morgan fingerprint density at radius 2 is 2.16 bits per heavy atom. The van der Waals surface area contributed by atoms with E-state index >= 15 is 0 Å². The van der Waals surface area contributed by atoms with Crippen LogP contribution >= 0.6 is 0 Å². The number of amides is 1. The van der Waals surface area contributed by atoms with Crippen LogP contribution in [-0.2, 0) is 4.79 Å².